The highest BCUT2D eigenvalue weighted by atomic mass is 16.6. The number of ether oxygens (including phenoxy) is 1. The zero-order valence-electron chi connectivity index (χ0n) is 15.2. The molecule has 0 aromatic carbocycles. The summed E-state index contributed by atoms with van der Waals surface area (Å²) in [6.45, 7) is 7.56. The van der Waals surface area contributed by atoms with Crippen LogP contribution in [0.5, 0.6) is 0 Å². The van der Waals surface area contributed by atoms with Gasteiger partial charge in [-0.3, -0.25) is 4.79 Å². The Kier molecular flexibility index (Phi) is 8.19. The Morgan fingerprint density at radius 2 is 1.96 bits per heavy atom. The van der Waals surface area contributed by atoms with Gasteiger partial charge in [0, 0.05) is 5.57 Å². The van der Waals surface area contributed by atoms with Crippen LogP contribution in [-0.4, -0.2) is 34.9 Å². The maximum absolute atomic E-state index is 11.1. The number of carboxylic acid groups (broad SMARTS) is 1. The van der Waals surface area contributed by atoms with Crippen molar-refractivity contribution in [3.63, 3.8) is 0 Å². The predicted molar refractivity (Wildman–Crippen MR) is 92.5 cm³/mol. The van der Waals surface area contributed by atoms with Gasteiger partial charge >= 0.3 is 11.9 Å². The highest BCUT2D eigenvalue weighted by Gasteiger charge is 2.41. The summed E-state index contributed by atoms with van der Waals surface area (Å²) < 4.78 is 5.04. The zero-order valence-corrected chi connectivity index (χ0v) is 15.2. The molecule has 0 spiro atoms. The third kappa shape index (κ3) is 6.11. The Bertz CT molecular complexity index is 518. The number of carboxylic acids is 1. The molecular formula is C19H30O5. The van der Waals surface area contributed by atoms with Gasteiger partial charge in [-0.05, 0) is 51.5 Å². The maximum Gasteiger partial charge on any atom is 0.331 e. The molecule has 1 rings (SSSR count). The van der Waals surface area contributed by atoms with E-state index in [1.807, 2.05) is 19.9 Å². The number of unbranched alkanes of at least 4 members (excludes halogenated alkanes) is 1. The fraction of sp³-hybridized carbons (Fsp3) is 0.684. The summed E-state index contributed by atoms with van der Waals surface area (Å²) >= 11 is 0. The number of aliphatic carboxylic acids is 1. The molecule has 0 radical (unpaired) electrons. The van der Waals surface area contributed by atoms with Crippen molar-refractivity contribution in [3.05, 3.63) is 22.8 Å². The molecule has 5 nitrogen and oxygen atoms in total. The number of esters is 1. The van der Waals surface area contributed by atoms with E-state index in [0.717, 1.165) is 37.7 Å². The molecule has 1 saturated heterocycles. The van der Waals surface area contributed by atoms with E-state index in [1.54, 1.807) is 6.92 Å². The third-order valence-electron chi connectivity index (χ3n) is 4.70. The number of cyclic esters (lactones) is 1. The number of hydrogen-bond acceptors (Lipinski definition) is 4. The minimum atomic E-state index is -0.873. The lowest BCUT2D eigenvalue weighted by Crippen LogP contribution is -2.47. The van der Waals surface area contributed by atoms with Gasteiger partial charge in [-0.2, -0.15) is 0 Å². The minimum absolute atomic E-state index is 0.105. The summed E-state index contributed by atoms with van der Waals surface area (Å²) in [4.78, 5) is 22.0. The second-order valence-corrected chi connectivity index (χ2v) is 6.96. The number of aliphatic hydroxyl groups excluding tert-OH is 1. The molecule has 5 heteroatoms. The third-order valence-corrected chi connectivity index (χ3v) is 4.70. The molecule has 0 aliphatic carbocycles. The van der Waals surface area contributed by atoms with E-state index in [4.69, 9.17) is 14.9 Å². The Balaban J connectivity index is 2.29. The number of carbonyl (C=O) groups excluding carboxylic acids is 1. The van der Waals surface area contributed by atoms with Crippen molar-refractivity contribution >= 4 is 11.9 Å². The van der Waals surface area contributed by atoms with Crippen molar-refractivity contribution in [2.75, 3.05) is 6.61 Å². The quantitative estimate of drug-likeness (QED) is 0.276. The topological polar surface area (TPSA) is 83.8 Å². The van der Waals surface area contributed by atoms with Crippen molar-refractivity contribution < 1.29 is 24.5 Å². The number of carbonyl (C=O) groups is 2. The highest BCUT2D eigenvalue weighted by molar-refractivity contribution is 5.87. The number of hydrogen-bond donors (Lipinski definition) is 2. The summed E-state index contributed by atoms with van der Waals surface area (Å²) in [6, 6.07) is 0. The molecule has 1 fully saturated rings. The number of rotatable bonds is 10. The van der Waals surface area contributed by atoms with Gasteiger partial charge in [0.15, 0.2) is 0 Å². The van der Waals surface area contributed by atoms with Crippen LogP contribution in [0.2, 0.25) is 0 Å². The molecule has 0 aromatic heterocycles. The first-order chi connectivity index (χ1) is 11.3. The van der Waals surface area contributed by atoms with Gasteiger partial charge in [0.1, 0.15) is 12.0 Å². The van der Waals surface area contributed by atoms with Gasteiger partial charge in [0.25, 0.3) is 0 Å². The summed E-state index contributed by atoms with van der Waals surface area (Å²) in [6.07, 6.45) is 6.74. The molecule has 0 aromatic rings. The Morgan fingerprint density at radius 3 is 2.50 bits per heavy atom. The van der Waals surface area contributed by atoms with Crippen molar-refractivity contribution in [1.29, 1.82) is 0 Å². The molecular weight excluding hydrogens is 308 g/mol. The Morgan fingerprint density at radius 1 is 1.29 bits per heavy atom. The molecule has 0 saturated carbocycles. The molecule has 2 N–H and O–H groups in total. The van der Waals surface area contributed by atoms with Crippen molar-refractivity contribution in [3.8, 4) is 0 Å². The summed E-state index contributed by atoms with van der Waals surface area (Å²) in [5.41, 5.74) is 2.37. The lowest BCUT2D eigenvalue weighted by molar-refractivity contribution is -0.189. The van der Waals surface area contributed by atoms with E-state index >= 15 is 0 Å². The molecule has 0 bridgehead atoms. The molecule has 24 heavy (non-hydrogen) atoms. The lowest BCUT2D eigenvalue weighted by atomic mass is 9.91. The first kappa shape index (κ1) is 20.4. The molecule has 136 valence electrons. The van der Waals surface area contributed by atoms with Crippen LogP contribution in [0.3, 0.4) is 0 Å². The van der Waals surface area contributed by atoms with Crippen LogP contribution in [0.4, 0.5) is 0 Å². The summed E-state index contributed by atoms with van der Waals surface area (Å²) in [7, 11) is 0. The first-order valence-corrected chi connectivity index (χ1v) is 8.65. The van der Waals surface area contributed by atoms with Gasteiger partial charge in [0.2, 0.25) is 0 Å². The van der Waals surface area contributed by atoms with Crippen molar-refractivity contribution in [1.82, 2.24) is 0 Å². The Hall–Kier alpha value is -1.62. The standard InChI is InChI=1S/C19H30O5/c1-12(9-13(2)10-14(3)15(4)18(21)22)7-5-6-8-17-16(11-20)19(23)24-17/h10,12,16-17,20H,5-9,11H2,1-4H3,(H,21,22). The van der Waals surface area contributed by atoms with Crippen LogP contribution in [0.1, 0.15) is 59.8 Å². The van der Waals surface area contributed by atoms with E-state index in [2.05, 4.69) is 6.92 Å². The average Bonchev–Trinajstić information content (AvgIpc) is 2.49. The van der Waals surface area contributed by atoms with E-state index in [9.17, 15) is 9.59 Å². The van der Waals surface area contributed by atoms with Crippen LogP contribution in [0.15, 0.2) is 22.8 Å². The van der Waals surface area contributed by atoms with Crippen molar-refractivity contribution in [2.45, 2.75) is 65.9 Å². The van der Waals surface area contributed by atoms with Crippen LogP contribution in [0, 0.1) is 11.8 Å². The average molecular weight is 338 g/mol. The van der Waals surface area contributed by atoms with Crippen LogP contribution in [-0.2, 0) is 14.3 Å². The molecule has 1 aliphatic heterocycles. The highest BCUT2D eigenvalue weighted by Crippen LogP contribution is 2.27. The molecule has 3 atom stereocenters. The SMILES string of the molecule is CC(=CC(C)=C(C)C(=O)O)CC(C)CCCCC1OC(=O)C1CO. The van der Waals surface area contributed by atoms with E-state index in [-0.39, 0.29) is 24.6 Å². The van der Waals surface area contributed by atoms with Crippen molar-refractivity contribution in [2.24, 2.45) is 11.8 Å². The summed E-state index contributed by atoms with van der Waals surface area (Å²) in [5, 5.41) is 18.0. The number of allylic oxidation sites excluding steroid dienone is 3. The van der Waals surface area contributed by atoms with Gasteiger partial charge in [-0.25, -0.2) is 4.79 Å². The smallest absolute Gasteiger partial charge is 0.331 e. The zero-order chi connectivity index (χ0) is 18.3. The lowest BCUT2D eigenvalue weighted by Gasteiger charge is -2.33. The minimum Gasteiger partial charge on any atom is -0.478 e. The van der Waals surface area contributed by atoms with Crippen LogP contribution >= 0.6 is 0 Å². The van der Waals surface area contributed by atoms with Gasteiger partial charge in [0.05, 0.1) is 6.61 Å². The monoisotopic (exact) mass is 338 g/mol. The second kappa shape index (κ2) is 9.62. The van der Waals surface area contributed by atoms with Gasteiger partial charge in [-0.15, -0.1) is 0 Å². The molecule has 1 heterocycles. The van der Waals surface area contributed by atoms with E-state index in [1.165, 1.54) is 5.57 Å². The molecule has 3 unspecified atom stereocenters. The fourth-order valence-electron chi connectivity index (χ4n) is 3.05. The maximum atomic E-state index is 11.1. The largest absolute Gasteiger partial charge is 0.478 e. The number of aliphatic hydroxyl groups is 1. The van der Waals surface area contributed by atoms with Gasteiger partial charge in [-0.1, -0.05) is 31.4 Å². The van der Waals surface area contributed by atoms with Crippen LogP contribution < -0.4 is 0 Å². The van der Waals surface area contributed by atoms with Gasteiger partial charge < -0.3 is 14.9 Å². The predicted octanol–water partition coefficient (Wildman–Crippen LogP) is 3.47. The molecule has 0 amide bonds. The van der Waals surface area contributed by atoms with E-state index in [0.29, 0.717) is 11.5 Å². The summed E-state index contributed by atoms with van der Waals surface area (Å²) in [5.74, 6) is -0.948. The second-order valence-electron chi connectivity index (χ2n) is 6.96. The first-order valence-electron chi connectivity index (χ1n) is 8.65. The van der Waals surface area contributed by atoms with Crippen LogP contribution in [0.25, 0.3) is 0 Å². The fourth-order valence-corrected chi connectivity index (χ4v) is 3.05. The molecule has 1 aliphatic rings. The Labute approximate surface area is 144 Å². The normalized spacial score (nSPS) is 23.2. The van der Waals surface area contributed by atoms with E-state index < -0.39 is 5.97 Å².